The number of carbonyl (C=O) groups is 1. The zero-order valence-corrected chi connectivity index (χ0v) is 9.15. The summed E-state index contributed by atoms with van der Waals surface area (Å²) in [6.07, 6.45) is 3.38. The fourth-order valence-corrected chi connectivity index (χ4v) is 2.13. The topological polar surface area (TPSA) is 64.3 Å². The Hall–Kier alpha value is -1.08. The Bertz CT molecular complexity index is 260. The van der Waals surface area contributed by atoms with Crippen LogP contribution in [0.15, 0.2) is 0 Å². The van der Waals surface area contributed by atoms with Gasteiger partial charge in [0, 0.05) is 6.54 Å². The van der Waals surface area contributed by atoms with Gasteiger partial charge in [0.15, 0.2) is 0 Å². The molecule has 1 fully saturated rings. The summed E-state index contributed by atoms with van der Waals surface area (Å²) in [6, 6.07) is 1.84. The van der Waals surface area contributed by atoms with Gasteiger partial charge >= 0.3 is 5.97 Å². The molecule has 1 rings (SSSR count). The van der Waals surface area contributed by atoms with E-state index in [1.807, 2.05) is 11.8 Å². The number of carboxylic acids is 1. The predicted octanol–water partition coefficient (Wildman–Crippen LogP) is 1.48. The van der Waals surface area contributed by atoms with Crippen molar-refractivity contribution in [2.45, 2.75) is 38.6 Å². The molecular weight excluding hydrogens is 192 g/mol. The quantitative estimate of drug-likeness (QED) is 0.763. The Morgan fingerprint density at radius 2 is 2.47 bits per heavy atom. The number of hydrogen-bond donors (Lipinski definition) is 1. The van der Waals surface area contributed by atoms with Gasteiger partial charge in [0.25, 0.3) is 0 Å². The molecule has 1 saturated heterocycles. The van der Waals surface area contributed by atoms with Crippen LogP contribution in [-0.4, -0.2) is 35.1 Å². The van der Waals surface area contributed by atoms with Crippen molar-refractivity contribution in [1.82, 2.24) is 4.90 Å². The van der Waals surface area contributed by atoms with E-state index in [9.17, 15) is 4.79 Å². The third-order valence-electron chi connectivity index (χ3n) is 2.92. The van der Waals surface area contributed by atoms with Gasteiger partial charge in [-0.05, 0) is 25.8 Å². The lowest BCUT2D eigenvalue weighted by atomic mass is 9.97. The third-order valence-corrected chi connectivity index (χ3v) is 2.92. The fraction of sp³-hybridized carbons (Fsp3) is 0.818. The molecule has 1 aliphatic rings. The van der Waals surface area contributed by atoms with E-state index in [2.05, 4.69) is 6.07 Å². The van der Waals surface area contributed by atoms with Crippen LogP contribution in [0.2, 0.25) is 0 Å². The number of aliphatic carboxylic acids is 1. The number of nitrogens with zero attached hydrogens (tertiary/aromatic N) is 2. The summed E-state index contributed by atoms with van der Waals surface area (Å²) in [6.45, 7) is 3.42. The van der Waals surface area contributed by atoms with Crippen molar-refractivity contribution < 1.29 is 9.90 Å². The lowest BCUT2D eigenvalue weighted by molar-refractivity contribution is -0.144. The summed E-state index contributed by atoms with van der Waals surface area (Å²) in [7, 11) is 0. The van der Waals surface area contributed by atoms with Crippen LogP contribution in [0.4, 0.5) is 0 Å². The first-order chi connectivity index (χ1) is 7.19. The van der Waals surface area contributed by atoms with Crippen molar-refractivity contribution in [3.63, 3.8) is 0 Å². The molecule has 0 amide bonds. The standard InChI is InChI=1S/C11H18N2O2/c1-2-4-10(11(14)15)13-6-3-5-9(7-12)8-13/h9-10H,2-6,8H2,1H3,(H,14,15). The zero-order chi connectivity index (χ0) is 11.3. The normalized spacial score (nSPS) is 24.4. The first-order valence-corrected chi connectivity index (χ1v) is 5.55. The third kappa shape index (κ3) is 3.21. The summed E-state index contributed by atoms with van der Waals surface area (Å²) in [5.74, 6) is -0.743. The summed E-state index contributed by atoms with van der Waals surface area (Å²) in [4.78, 5) is 13.0. The van der Waals surface area contributed by atoms with Crippen LogP contribution in [0.25, 0.3) is 0 Å². The number of likely N-dealkylation sites (tertiary alicyclic amines) is 1. The maximum Gasteiger partial charge on any atom is 0.320 e. The Balaban J connectivity index is 2.59. The molecule has 0 aromatic rings. The summed E-state index contributed by atoms with van der Waals surface area (Å²) in [5, 5.41) is 17.9. The van der Waals surface area contributed by atoms with E-state index < -0.39 is 12.0 Å². The van der Waals surface area contributed by atoms with Crippen molar-refractivity contribution in [2.24, 2.45) is 5.92 Å². The molecule has 1 aliphatic heterocycles. The minimum atomic E-state index is -0.754. The Morgan fingerprint density at radius 1 is 1.73 bits per heavy atom. The van der Waals surface area contributed by atoms with E-state index in [4.69, 9.17) is 10.4 Å². The molecule has 0 radical (unpaired) electrons. The minimum absolute atomic E-state index is 0.0115. The lowest BCUT2D eigenvalue weighted by Gasteiger charge is -2.33. The van der Waals surface area contributed by atoms with Gasteiger partial charge in [-0.2, -0.15) is 5.26 Å². The molecule has 2 unspecified atom stereocenters. The highest BCUT2D eigenvalue weighted by atomic mass is 16.4. The number of hydrogen-bond acceptors (Lipinski definition) is 3. The second kappa shape index (κ2) is 5.72. The maximum atomic E-state index is 11.1. The maximum absolute atomic E-state index is 11.1. The van der Waals surface area contributed by atoms with Crippen LogP contribution in [-0.2, 0) is 4.79 Å². The summed E-state index contributed by atoms with van der Waals surface area (Å²) >= 11 is 0. The average molecular weight is 210 g/mol. The van der Waals surface area contributed by atoms with Crippen molar-refractivity contribution in [3.05, 3.63) is 0 Å². The fourth-order valence-electron chi connectivity index (χ4n) is 2.13. The van der Waals surface area contributed by atoms with E-state index in [1.165, 1.54) is 0 Å². The van der Waals surface area contributed by atoms with Crippen molar-refractivity contribution in [1.29, 1.82) is 5.26 Å². The van der Waals surface area contributed by atoms with Gasteiger partial charge in [-0.25, -0.2) is 0 Å². The van der Waals surface area contributed by atoms with E-state index >= 15 is 0 Å². The monoisotopic (exact) mass is 210 g/mol. The number of carboxylic acid groups (broad SMARTS) is 1. The highest BCUT2D eigenvalue weighted by Crippen LogP contribution is 2.19. The molecule has 84 valence electrons. The van der Waals surface area contributed by atoms with Gasteiger partial charge in [0.05, 0.1) is 12.0 Å². The van der Waals surface area contributed by atoms with Crippen molar-refractivity contribution in [3.8, 4) is 6.07 Å². The summed E-state index contributed by atoms with van der Waals surface area (Å²) in [5.41, 5.74) is 0. The van der Waals surface area contributed by atoms with E-state index in [0.29, 0.717) is 13.0 Å². The molecule has 0 aromatic heterocycles. The largest absolute Gasteiger partial charge is 0.480 e. The van der Waals surface area contributed by atoms with E-state index in [0.717, 1.165) is 25.8 Å². The molecule has 0 aromatic carbocycles. The van der Waals surface area contributed by atoms with E-state index in [-0.39, 0.29) is 5.92 Å². The number of nitriles is 1. The molecule has 0 bridgehead atoms. The molecule has 0 spiro atoms. The van der Waals surface area contributed by atoms with Crippen LogP contribution in [0, 0.1) is 17.2 Å². The highest BCUT2D eigenvalue weighted by molar-refractivity contribution is 5.73. The van der Waals surface area contributed by atoms with Gasteiger partial charge in [0.2, 0.25) is 0 Å². The Morgan fingerprint density at radius 3 is 3.00 bits per heavy atom. The second-order valence-electron chi connectivity index (χ2n) is 4.11. The first kappa shape index (κ1) is 12.0. The zero-order valence-electron chi connectivity index (χ0n) is 9.15. The summed E-state index contributed by atoms with van der Waals surface area (Å²) < 4.78 is 0. The Labute approximate surface area is 90.5 Å². The van der Waals surface area contributed by atoms with Crippen LogP contribution in [0.1, 0.15) is 32.6 Å². The molecule has 15 heavy (non-hydrogen) atoms. The van der Waals surface area contributed by atoms with Crippen LogP contribution >= 0.6 is 0 Å². The van der Waals surface area contributed by atoms with Crippen LogP contribution in [0.5, 0.6) is 0 Å². The van der Waals surface area contributed by atoms with Crippen molar-refractivity contribution >= 4 is 5.97 Å². The molecule has 0 aliphatic carbocycles. The molecule has 0 saturated carbocycles. The van der Waals surface area contributed by atoms with Crippen LogP contribution in [0.3, 0.4) is 0 Å². The van der Waals surface area contributed by atoms with Gasteiger partial charge in [-0.1, -0.05) is 13.3 Å². The van der Waals surface area contributed by atoms with Gasteiger partial charge in [-0.3, -0.25) is 9.69 Å². The number of piperidine rings is 1. The molecule has 2 atom stereocenters. The first-order valence-electron chi connectivity index (χ1n) is 5.55. The SMILES string of the molecule is CCCC(C(=O)O)N1CCCC(C#N)C1. The lowest BCUT2D eigenvalue weighted by Crippen LogP contribution is -2.46. The second-order valence-corrected chi connectivity index (χ2v) is 4.11. The van der Waals surface area contributed by atoms with Gasteiger partial charge in [0.1, 0.15) is 6.04 Å². The van der Waals surface area contributed by atoms with Crippen LogP contribution < -0.4 is 0 Å². The highest BCUT2D eigenvalue weighted by Gasteiger charge is 2.29. The average Bonchev–Trinajstić information content (AvgIpc) is 2.25. The molecule has 4 heteroatoms. The minimum Gasteiger partial charge on any atom is -0.480 e. The van der Waals surface area contributed by atoms with Crippen molar-refractivity contribution in [2.75, 3.05) is 13.1 Å². The molecule has 1 heterocycles. The van der Waals surface area contributed by atoms with E-state index in [1.54, 1.807) is 0 Å². The van der Waals surface area contributed by atoms with Gasteiger partial charge < -0.3 is 5.11 Å². The molecule has 1 N–H and O–H groups in total. The smallest absolute Gasteiger partial charge is 0.320 e. The molecular formula is C11H18N2O2. The predicted molar refractivity (Wildman–Crippen MR) is 56.2 cm³/mol. The Kier molecular flexibility index (Phi) is 4.57. The number of rotatable bonds is 4. The molecule has 4 nitrogen and oxygen atoms in total. The van der Waals surface area contributed by atoms with Gasteiger partial charge in [-0.15, -0.1) is 0 Å².